The van der Waals surface area contributed by atoms with Gasteiger partial charge in [0.1, 0.15) is 16.2 Å². The molecule has 0 radical (unpaired) electrons. The number of thiophene rings is 1. The zero-order valence-corrected chi connectivity index (χ0v) is 16.0. The van der Waals surface area contributed by atoms with Gasteiger partial charge in [-0.05, 0) is 31.5 Å². The second kappa shape index (κ2) is 6.70. The number of carbonyl (C=O) groups is 1. The lowest BCUT2D eigenvalue weighted by Crippen LogP contribution is -2.13. The predicted octanol–water partition coefficient (Wildman–Crippen LogP) is 4.65. The van der Waals surface area contributed by atoms with E-state index in [1.54, 1.807) is 17.7 Å². The number of para-hydroxylation sites is 1. The van der Waals surface area contributed by atoms with Crippen LogP contribution in [0.1, 0.15) is 10.4 Å². The number of anilines is 1. The smallest absolute Gasteiger partial charge is 0.236 e. The minimum atomic E-state index is -0.0829. The Morgan fingerprint density at radius 1 is 1.20 bits per heavy atom. The van der Waals surface area contributed by atoms with Crippen LogP contribution in [0.3, 0.4) is 0 Å². The van der Waals surface area contributed by atoms with Crippen molar-refractivity contribution in [3.63, 3.8) is 0 Å². The molecule has 25 heavy (non-hydrogen) atoms. The lowest BCUT2D eigenvalue weighted by atomic mass is 10.2. The third kappa shape index (κ3) is 3.24. The van der Waals surface area contributed by atoms with Gasteiger partial charge in [0, 0.05) is 10.3 Å². The first kappa shape index (κ1) is 16.4. The Morgan fingerprint density at radius 2 is 2.04 bits per heavy atom. The summed E-state index contributed by atoms with van der Waals surface area (Å²) in [6.45, 7) is 4.15. The van der Waals surface area contributed by atoms with Crippen molar-refractivity contribution in [2.45, 2.75) is 18.9 Å². The molecule has 0 aliphatic heterocycles. The van der Waals surface area contributed by atoms with E-state index in [2.05, 4.69) is 34.1 Å². The first-order valence-corrected chi connectivity index (χ1v) is 10.2. The number of nitrogens with zero attached hydrogens (tertiary/aromatic N) is 3. The molecular formula is C17H14N4OS3. The quantitative estimate of drug-likeness (QED) is 0.408. The van der Waals surface area contributed by atoms with Gasteiger partial charge in [0.05, 0.1) is 16.0 Å². The first-order chi connectivity index (χ1) is 12.1. The first-order valence-electron chi connectivity index (χ1n) is 7.61. The number of hydrogen-bond donors (Lipinski definition) is 1. The summed E-state index contributed by atoms with van der Waals surface area (Å²) in [6.07, 6.45) is 1.56. The molecule has 1 aromatic carbocycles. The van der Waals surface area contributed by atoms with Crippen molar-refractivity contribution in [2.75, 3.05) is 11.1 Å². The van der Waals surface area contributed by atoms with Gasteiger partial charge in [0.15, 0.2) is 5.13 Å². The van der Waals surface area contributed by atoms with Gasteiger partial charge >= 0.3 is 0 Å². The van der Waals surface area contributed by atoms with Crippen molar-refractivity contribution in [2.24, 2.45) is 0 Å². The number of hydrogen-bond acceptors (Lipinski definition) is 7. The maximum Gasteiger partial charge on any atom is 0.236 e. The van der Waals surface area contributed by atoms with Crippen LogP contribution in [-0.2, 0) is 4.79 Å². The van der Waals surface area contributed by atoms with E-state index in [-0.39, 0.29) is 11.7 Å². The molecule has 126 valence electrons. The molecule has 3 heterocycles. The molecule has 0 saturated carbocycles. The highest BCUT2D eigenvalue weighted by Gasteiger charge is 2.14. The van der Waals surface area contributed by atoms with Crippen molar-refractivity contribution < 1.29 is 4.79 Å². The Morgan fingerprint density at radius 3 is 2.88 bits per heavy atom. The molecule has 0 aliphatic carbocycles. The fourth-order valence-electron chi connectivity index (χ4n) is 2.47. The zero-order chi connectivity index (χ0) is 17.4. The Labute approximate surface area is 156 Å². The Hall–Kier alpha value is -2.03. The normalized spacial score (nSPS) is 11.3. The third-order valence-corrected chi connectivity index (χ3v) is 6.87. The largest absolute Gasteiger partial charge is 0.301 e. The minimum Gasteiger partial charge on any atom is -0.301 e. The van der Waals surface area contributed by atoms with E-state index in [1.165, 1.54) is 33.5 Å². The highest BCUT2D eigenvalue weighted by Crippen LogP contribution is 2.34. The topological polar surface area (TPSA) is 67.8 Å². The average molecular weight is 387 g/mol. The molecule has 4 aromatic rings. The second-order valence-electron chi connectivity index (χ2n) is 5.47. The van der Waals surface area contributed by atoms with Gasteiger partial charge < -0.3 is 5.32 Å². The molecular weight excluding hydrogens is 372 g/mol. The number of fused-ring (bicyclic) bond motifs is 2. The molecule has 1 amide bonds. The molecule has 4 rings (SSSR count). The summed E-state index contributed by atoms with van der Waals surface area (Å²) >= 11 is 4.57. The van der Waals surface area contributed by atoms with Gasteiger partial charge in [-0.15, -0.1) is 11.3 Å². The van der Waals surface area contributed by atoms with E-state index >= 15 is 0 Å². The molecule has 0 unspecified atom stereocenters. The number of amides is 1. The summed E-state index contributed by atoms with van der Waals surface area (Å²) in [6, 6.07) is 7.84. The van der Waals surface area contributed by atoms with Crippen molar-refractivity contribution in [1.82, 2.24) is 15.0 Å². The van der Waals surface area contributed by atoms with Gasteiger partial charge in [0.25, 0.3) is 0 Å². The van der Waals surface area contributed by atoms with Crippen LogP contribution in [-0.4, -0.2) is 26.6 Å². The summed E-state index contributed by atoms with van der Waals surface area (Å²) < 4.78 is 1.06. The Balaban J connectivity index is 1.48. The molecule has 1 N–H and O–H groups in total. The number of thiazole rings is 1. The Bertz CT molecular complexity index is 1050. The van der Waals surface area contributed by atoms with Crippen LogP contribution in [0.25, 0.3) is 20.4 Å². The van der Waals surface area contributed by atoms with Crippen LogP contribution in [0, 0.1) is 13.8 Å². The Kier molecular flexibility index (Phi) is 4.41. The average Bonchev–Trinajstić information content (AvgIpc) is 3.13. The van der Waals surface area contributed by atoms with Crippen LogP contribution < -0.4 is 5.32 Å². The van der Waals surface area contributed by atoms with Crippen LogP contribution in [0.4, 0.5) is 5.13 Å². The lowest BCUT2D eigenvalue weighted by Gasteiger charge is -2.03. The molecule has 0 atom stereocenters. The number of aryl methyl sites for hydroxylation is 2. The second-order valence-corrected chi connectivity index (χ2v) is 8.66. The molecule has 3 aromatic heterocycles. The number of thioether (sulfide) groups is 1. The van der Waals surface area contributed by atoms with Crippen molar-refractivity contribution in [1.29, 1.82) is 0 Å². The highest BCUT2D eigenvalue weighted by atomic mass is 32.2. The van der Waals surface area contributed by atoms with E-state index in [9.17, 15) is 4.79 Å². The maximum absolute atomic E-state index is 12.3. The highest BCUT2D eigenvalue weighted by molar-refractivity contribution is 8.00. The number of benzene rings is 1. The summed E-state index contributed by atoms with van der Waals surface area (Å²) in [7, 11) is 0. The number of carbonyl (C=O) groups excluding carboxylic acids is 1. The maximum atomic E-state index is 12.3. The van der Waals surface area contributed by atoms with Gasteiger partial charge in [-0.1, -0.05) is 35.2 Å². The van der Waals surface area contributed by atoms with Crippen LogP contribution in [0.15, 0.2) is 35.6 Å². The van der Waals surface area contributed by atoms with Gasteiger partial charge in [-0.2, -0.15) is 0 Å². The van der Waals surface area contributed by atoms with Crippen molar-refractivity contribution in [3.8, 4) is 0 Å². The van der Waals surface area contributed by atoms with E-state index in [0.717, 1.165) is 25.5 Å². The van der Waals surface area contributed by atoms with E-state index < -0.39 is 0 Å². The molecule has 0 bridgehead atoms. The lowest BCUT2D eigenvalue weighted by molar-refractivity contribution is -0.113. The summed E-state index contributed by atoms with van der Waals surface area (Å²) in [5.74, 6) is 0.205. The minimum absolute atomic E-state index is 0.0829. The molecule has 5 nitrogen and oxygen atoms in total. The number of rotatable bonds is 4. The van der Waals surface area contributed by atoms with Gasteiger partial charge in [0.2, 0.25) is 5.91 Å². The van der Waals surface area contributed by atoms with Gasteiger partial charge in [-0.3, -0.25) is 4.79 Å². The zero-order valence-electron chi connectivity index (χ0n) is 13.6. The summed E-state index contributed by atoms with van der Waals surface area (Å²) in [5.41, 5.74) is 2.09. The molecule has 8 heteroatoms. The van der Waals surface area contributed by atoms with Crippen molar-refractivity contribution >= 4 is 65.9 Å². The molecule has 0 aliphatic rings. The van der Waals surface area contributed by atoms with Crippen LogP contribution >= 0.6 is 34.4 Å². The monoisotopic (exact) mass is 386 g/mol. The number of nitrogens with one attached hydrogen (secondary N) is 1. The molecule has 0 saturated heterocycles. The molecule has 0 fully saturated rings. The predicted molar refractivity (Wildman–Crippen MR) is 106 cm³/mol. The SMILES string of the molecule is Cc1sc2ncnc(SCC(=O)Nc3nc4ccccc4s3)c2c1C. The fraction of sp³-hybridized carbons (Fsp3) is 0.176. The van der Waals surface area contributed by atoms with E-state index in [1.807, 2.05) is 24.3 Å². The van der Waals surface area contributed by atoms with E-state index in [0.29, 0.717) is 5.13 Å². The fourth-order valence-corrected chi connectivity index (χ4v) is 5.27. The summed E-state index contributed by atoms with van der Waals surface area (Å²) in [5, 5.41) is 5.41. The van der Waals surface area contributed by atoms with Crippen LogP contribution in [0.2, 0.25) is 0 Å². The third-order valence-electron chi connectivity index (χ3n) is 3.81. The number of aromatic nitrogens is 3. The standard InChI is InChI=1S/C17H14N4OS3/c1-9-10(2)24-16-14(9)15(18-8-19-16)23-7-13(22)21-17-20-11-5-3-4-6-12(11)25-17/h3-6,8H,7H2,1-2H3,(H,20,21,22). The molecule has 0 spiro atoms. The van der Waals surface area contributed by atoms with Gasteiger partial charge in [-0.25, -0.2) is 15.0 Å². The summed E-state index contributed by atoms with van der Waals surface area (Å²) in [4.78, 5) is 27.6. The van der Waals surface area contributed by atoms with E-state index in [4.69, 9.17) is 0 Å². The van der Waals surface area contributed by atoms with Crippen molar-refractivity contribution in [3.05, 3.63) is 41.0 Å². The van der Waals surface area contributed by atoms with Crippen LogP contribution in [0.5, 0.6) is 0 Å².